The molecule has 1 aromatic carbocycles. The number of hydrogen-bond donors (Lipinski definition) is 0. The lowest BCUT2D eigenvalue weighted by molar-refractivity contribution is 0.258. The molecule has 142 valence electrons. The highest BCUT2D eigenvalue weighted by molar-refractivity contribution is 7.99. The van der Waals surface area contributed by atoms with Crippen molar-refractivity contribution in [3.05, 3.63) is 54.2 Å². The molecule has 1 aliphatic heterocycles. The average molecular weight is 389 g/mol. The number of pyridine rings is 1. The Morgan fingerprint density at radius 3 is 2.67 bits per heavy atom. The van der Waals surface area contributed by atoms with Crippen molar-refractivity contribution in [3.63, 3.8) is 0 Å². The smallest absolute Gasteiger partial charge is 0.195 e. The van der Waals surface area contributed by atoms with Crippen LogP contribution in [0.5, 0.6) is 0 Å². The van der Waals surface area contributed by atoms with Crippen LogP contribution in [-0.2, 0) is 0 Å². The first kappa shape index (κ1) is 18.2. The van der Waals surface area contributed by atoms with Crippen LogP contribution < -0.4 is 4.90 Å². The van der Waals surface area contributed by atoms with Crippen LogP contribution in [0.1, 0.15) is 6.42 Å². The van der Waals surface area contributed by atoms with Gasteiger partial charge in [-0.25, -0.2) is 8.78 Å². The zero-order chi connectivity index (χ0) is 18.6. The van der Waals surface area contributed by atoms with E-state index >= 15 is 0 Å². The second-order valence-corrected chi connectivity index (χ2v) is 7.60. The largest absolute Gasteiger partial charge is 0.367 e. The summed E-state index contributed by atoms with van der Waals surface area (Å²) in [5.41, 5.74) is 1.36. The molecule has 1 saturated heterocycles. The standard InChI is InChI=1S/C19H21F2N5S/c20-15-5-6-17(16(21)14-15)25-11-9-24(10-12-25)7-3-13-27-19-23-22-18-4-1-2-8-26(18)19/h1-2,4-6,8,14H,3,7,9-13H2. The van der Waals surface area contributed by atoms with E-state index < -0.39 is 11.6 Å². The molecule has 4 rings (SSSR count). The second-order valence-electron chi connectivity index (χ2n) is 6.54. The van der Waals surface area contributed by atoms with Gasteiger partial charge >= 0.3 is 0 Å². The van der Waals surface area contributed by atoms with E-state index in [-0.39, 0.29) is 0 Å². The maximum atomic E-state index is 13.9. The number of benzene rings is 1. The third kappa shape index (κ3) is 4.22. The monoisotopic (exact) mass is 389 g/mol. The SMILES string of the molecule is Fc1ccc(N2CCN(CCCSc3nnc4ccccn34)CC2)c(F)c1. The van der Waals surface area contributed by atoms with Crippen molar-refractivity contribution in [1.82, 2.24) is 19.5 Å². The van der Waals surface area contributed by atoms with Crippen LogP contribution in [0, 0.1) is 11.6 Å². The Balaban J connectivity index is 1.22. The lowest BCUT2D eigenvalue weighted by Crippen LogP contribution is -2.47. The van der Waals surface area contributed by atoms with Gasteiger partial charge < -0.3 is 4.90 Å². The number of thioether (sulfide) groups is 1. The Hall–Kier alpha value is -2.19. The molecule has 0 radical (unpaired) electrons. The van der Waals surface area contributed by atoms with Gasteiger partial charge in [-0.3, -0.25) is 9.30 Å². The third-order valence-electron chi connectivity index (χ3n) is 4.75. The molecule has 27 heavy (non-hydrogen) atoms. The van der Waals surface area contributed by atoms with Crippen LogP contribution >= 0.6 is 11.8 Å². The number of fused-ring (bicyclic) bond motifs is 1. The third-order valence-corrected chi connectivity index (χ3v) is 5.78. The predicted molar refractivity (Wildman–Crippen MR) is 103 cm³/mol. The minimum Gasteiger partial charge on any atom is -0.367 e. The van der Waals surface area contributed by atoms with Gasteiger partial charge in [0.05, 0.1) is 5.69 Å². The van der Waals surface area contributed by atoms with Crippen LogP contribution in [0.25, 0.3) is 5.65 Å². The fraction of sp³-hybridized carbons (Fsp3) is 0.368. The number of rotatable bonds is 6. The number of aromatic nitrogens is 3. The van der Waals surface area contributed by atoms with Crippen molar-refractivity contribution in [2.75, 3.05) is 43.4 Å². The van der Waals surface area contributed by atoms with Crippen molar-refractivity contribution in [2.45, 2.75) is 11.6 Å². The van der Waals surface area contributed by atoms with Gasteiger partial charge in [0.15, 0.2) is 10.8 Å². The highest BCUT2D eigenvalue weighted by Crippen LogP contribution is 2.22. The summed E-state index contributed by atoms with van der Waals surface area (Å²) < 4.78 is 29.0. The Morgan fingerprint density at radius 1 is 1.00 bits per heavy atom. The normalized spacial score (nSPS) is 15.6. The van der Waals surface area contributed by atoms with E-state index in [1.807, 2.05) is 33.7 Å². The molecule has 0 saturated carbocycles. The zero-order valence-corrected chi connectivity index (χ0v) is 15.7. The van der Waals surface area contributed by atoms with Gasteiger partial charge in [-0.15, -0.1) is 10.2 Å². The number of piperazine rings is 1. The molecule has 0 unspecified atom stereocenters. The van der Waals surface area contributed by atoms with Crippen molar-refractivity contribution in [1.29, 1.82) is 0 Å². The van der Waals surface area contributed by atoms with E-state index in [2.05, 4.69) is 15.1 Å². The number of hydrogen-bond acceptors (Lipinski definition) is 5. The summed E-state index contributed by atoms with van der Waals surface area (Å²) in [6, 6.07) is 9.67. The first-order valence-corrected chi connectivity index (χ1v) is 10.0. The number of anilines is 1. The molecule has 0 amide bonds. The highest BCUT2D eigenvalue weighted by atomic mass is 32.2. The summed E-state index contributed by atoms with van der Waals surface area (Å²) >= 11 is 1.71. The van der Waals surface area contributed by atoms with E-state index in [9.17, 15) is 8.78 Å². The highest BCUT2D eigenvalue weighted by Gasteiger charge is 2.19. The molecular formula is C19H21F2N5S. The quantitative estimate of drug-likeness (QED) is 0.478. The first-order chi connectivity index (χ1) is 13.2. The topological polar surface area (TPSA) is 36.7 Å². The van der Waals surface area contributed by atoms with E-state index in [4.69, 9.17) is 0 Å². The number of nitrogens with zero attached hydrogens (tertiary/aromatic N) is 5. The van der Waals surface area contributed by atoms with E-state index in [0.717, 1.165) is 61.8 Å². The summed E-state index contributed by atoms with van der Waals surface area (Å²) in [4.78, 5) is 4.38. The molecule has 0 aliphatic carbocycles. The zero-order valence-electron chi connectivity index (χ0n) is 14.9. The van der Waals surface area contributed by atoms with Gasteiger partial charge in [0.1, 0.15) is 11.6 Å². The van der Waals surface area contributed by atoms with Crippen molar-refractivity contribution in [2.24, 2.45) is 0 Å². The maximum Gasteiger partial charge on any atom is 0.195 e. The molecule has 1 fully saturated rings. The second kappa shape index (κ2) is 8.22. The molecule has 0 N–H and O–H groups in total. The fourth-order valence-electron chi connectivity index (χ4n) is 3.32. The van der Waals surface area contributed by atoms with E-state index in [1.165, 1.54) is 12.1 Å². The Morgan fingerprint density at radius 2 is 1.85 bits per heavy atom. The predicted octanol–water partition coefficient (Wildman–Crippen LogP) is 3.31. The van der Waals surface area contributed by atoms with Gasteiger partial charge in [0.2, 0.25) is 0 Å². The van der Waals surface area contributed by atoms with Gasteiger partial charge in [-0.1, -0.05) is 17.8 Å². The Labute approximate surface area is 161 Å². The fourth-order valence-corrected chi connectivity index (χ4v) is 4.17. The van der Waals surface area contributed by atoms with Crippen molar-refractivity contribution >= 4 is 23.1 Å². The molecule has 5 nitrogen and oxygen atoms in total. The average Bonchev–Trinajstić information content (AvgIpc) is 3.09. The summed E-state index contributed by atoms with van der Waals surface area (Å²) in [6.07, 6.45) is 3.03. The molecule has 8 heteroatoms. The minimum atomic E-state index is -0.534. The van der Waals surface area contributed by atoms with Crippen LogP contribution in [0.15, 0.2) is 47.8 Å². The molecule has 0 spiro atoms. The first-order valence-electron chi connectivity index (χ1n) is 9.05. The van der Waals surface area contributed by atoms with Crippen molar-refractivity contribution < 1.29 is 8.78 Å². The summed E-state index contributed by atoms with van der Waals surface area (Å²) in [5.74, 6) is -0.0455. The lowest BCUT2D eigenvalue weighted by Gasteiger charge is -2.36. The molecule has 3 heterocycles. The van der Waals surface area contributed by atoms with E-state index in [0.29, 0.717) is 5.69 Å². The van der Waals surface area contributed by atoms with Gasteiger partial charge in [0, 0.05) is 44.2 Å². The van der Waals surface area contributed by atoms with Crippen LogP contribution in [-0.4, -0.2) is 58.0 Å². The number of halogens is 2. The minimum absolute atomic E-state index is 0.486. The lowest BCUT2D eigenvalue weighted by atomic mass is 10.2. The molecule has 3 aromatic rings. The van der Waals surface area contributed by atoms with Crippen LogP contribution in [0.3, 0.4) is 0 Å². The molecular weight excluding hydrogens is 368 g/mol. The molecule has 2 aromatic heterocycles. The maximum absolute atomic E-state index is 13.9. The van der Waals surface area contributed by atoms with E-state index in [1.54, 1.807) is 11.8 Å². The Kier molecular flexibility index (Phi) is 5.54. The van der Waals surface area contributed by atoms with Crippen LogP contribution in [0.4, 0.5) is 14.5 Å². The van der Waals surface area contributed by atoms with Gasteiger partial charge in [0.25, 0.3) is 0 Å². The molecule has 1 aliphatic rings. The van der Waals surface area contributed by atoms with Crippen LogP contribution in [0.2, 0.25) is 0 Å². The van der Waals surface area contributed by atoms with Gasteiger partial charge in [-0.05, 0) is 37.2 Å². The summed E-state index contributed by atoms with van der Waals surface area (Å²) in [7, 11) is 0. The summed E-state index contributed by atoms with van der Waals surface area (Å²) in [6.45, 7) is 4.28. The molecule has 0 atom stereocenters. The Bertz CT molecular complexity index is 908. The van der Waals surface area contributed by atoms with Crippen molar-refractivity contribution in [3.8, 4) is 0 Å². The van der Waals surface area contributed by atoms with Gasteiger partial charge in [-0.2, -0.15) is 0 Å². The molecule has 0 bridgehead atoms. The summed E-state index contributed by atoms with van der Waals surface area (Å²) in [5, 5.41) is 9.31.